The number of halogens is 2. The van der Waals surface area contributed by atoms with Crippen molar-refractivity contribution in [3.63, 3.8) is 0 Å². The molecule has 0 bridgehead atoms. The third-order valence-electron chi connectivity index (χ3n) is 3.97. The van der Waals surface area contributed by atoms with Gasteiger partial charge in [-0.1, -0.05) is 65.7 Å². The molecule has 3 aromatic carbocycles. The molecule has 0 aliphatic rings. The number of aromatic nitrogens is 2. The van der Waals surface area contributed by atoms with Crippen molar-refractivity contribution in [3.8, 4) is 11.4 Å². The molecule has 0 saturated carbocycles. The van der Waals surface area contributed by atoms with Crippen LogP contribution in [0.5, 0.6) is 0 Å². The number of benzene rings is 3. The monoisotopic (exact) mass is 381 g/mol. The van der Waals surface area contributed by atoms with Crippen LogP contribution in [0.25, 0.3) is 22.4 Å². The van der Waals surface area contributed by atoms with Crippen LogP contribution >= 0.6 is 23.2 Å². The second-order valence-corrected chi connectivity index (χ2v) is 6.50. The molecule has 0 fully saturated rings. The van der Waals surface area contributed by atoms with Gasteiger partial charge in [0.25, 0.3) is 0 Å². The highest BCUT2D eigenvalue weighted by Gasteiger charge is 2.18. The van der Waals surface area contributed by atoms with Gasteiger partial charge >= 0.3 is 6.03 Å². The number of nitrogens with one attached hydrogen (secondary N) is 1. The quantitative estimate of drug-likeness (QED) is 0.456. The highest BCUT2D eigenvalue weighted by molar-refractivity contribution is 6.42. The summed E-state index contributed by atoms with van der Waals surface area (Å²) in [5.74, 6) is 0.573. The Bertz CT molecular complexity index is 1110. The molecule has 1 amide bonds. The molecule has 0 spiro atoms. The zero-order chi connectivity index (χ0) is 18.1. The van der Waals surface area contributed by atoms with Gasteiger partial charge in [0.2, 0.25) is 0 Å². The van der Waals surface area contributed by atoms with Gasteiger partial charge in [0.05, 0.1) is 21.1 Å². The van der Waals surface area contributed by atoms with Crippen LogP contribution in [0, 0.1) is 0 Å². The number of nitrogens with zero attached hydrogens (tertiary/aromatic N) is 2. The first kappa shape index (κ1) is 16.6. The number of carbonyl (C=O) groups is 1. The number of fused-ring (bicyclic) bond motifs is 1. The van der Waals surface area contributed by atoms with Crippen molar-refractivity contribution in [2.75, 3.05) is 5.32 Å². The van der Waals surface area contributed by atoms with E-state index < -0.39 is 0 Å². The predicted octanol–water partition coefficient (Wildman–Crippen LogP) is 6.09. The van der Waals surface area contributed by atoms with Gasteiger partial charge < -0.3 is 5.32 Å². The first-order chi connectivity index (χ1) is 12.6. The Morgan fingerprint density at radius 2 is 1.62 bits per heavy atom. The second-order valence-electron chi connectivity index (χ2n) is 5.68. The predicted molar refractivity (Wildman–Crippen MR) is 106 cm³/mol. The number of imidazole rings is 1. The van der Waals surface area contributed by atoms with E-state index in [1.165, 1.54) is 0 Å². The van der Waals surface area contributed by atoms with Crippen LogP contribution in [0.15, 0.2) is 72.8 Å². The number of amides is 1. The molecule has 1 aromatic heterocycles. The summed E-state index contributed by atoms with van der Waals surface area (Å²) < 4.78 is 1.56. The van der Waals surface area contributed by atoms with E-state index in [0.717, 1.165) is 16.6 Å². The minimum absolute atomic E-state index is 0.323. The van der Waals surface area contributed by atoms with Gasteiger partial charge in [0, 0.05) is 11.3 Å². The molecule has 0 aliphatic heterocycles. The summed E-state index contributed by atoms with van der Waals surface area (Å²) in [4.78, 5) is 17.6. The molecule has 4 nitrogen and oxygen atoms in total. The maximum atomic E-state index is 13.0. The number of para-hydroxylation sites is 2. The largest absolute Gasteiger partial charge is 0.332 e. The van der Waals surface area contributed by atoms with E-state index in [2.05, 4.69) is 10.3 Å². The average molecular weight is 382 g/mol. The van der Waals surface area contributed by atoms with Crippen LogP contribution < -0.4 is 5.32 Å². The van der Waals surface area contributed by atoms with Crippen LogP contribution in [-0.2, 0) is 0 Å². The van der Waals surface area contributed by atoms with Crippen LogP contribution in [-0.4, -0.2) is 15.6 Å². The Balaban J connectivity index is 1.81. The van der Waals surface area contributed by atoms with E-state index in [0.29, 0.717) is 21.6 Å². The number of anilines is 1. The van der Waals surface area contributed by atoms with E-state index in [1.807, 2.05) is 54.6 Å². The molecule has 6 heteroatoms. The van der Waals surface area contributed by atoms with Gasteiger partial charge in [-0.3, -0.25) is 0 Å². The fourth-order valence-electron chi connectivity index (χ4n) is 2.77. The maximum Gasteiger partial charge on any atom is 0.332 e. The van der Waals surface area contributed by atoms with Crippen molar-refractivity contribution < 1.29 is 4.79 Å². The van der Waals surface area contributed by atoms with Gasteiger partial charge in [0.1, 0.15) is 5.82 Å². The number of hydrogen-bond donors (Lipinski definition) is 1. The molecular formula is C20H13Cl2N3O. The molecule has 0 saturated heterocycles. The summed E-state index contributed by atoms with van der Waals surface area (Å²) in [6.07, 6.45) is 0. The van der Waals surface area contributed by atoms with Gasteiger partial charge in [-0.05, 0) is 30.3 Å². The smallest absolute Gasteiger partial charge is 0.307 e. The fourth-order valence-corrected chi connectivity index (χ4v) is 3.06. The SMILES string of the molecule is O=C(Nc1ccc(Cl)c(Cl)c1)n1c(-c2ccccc2)nc2ccccc21. The molecule has 0 aliphatic carbocycles. The lowest BCUT2D eigenvalue weighted by atomic mass is 10.2. The first-order valence-electron chi connectivity index (χ1n) is 7.93. The van der Waals surface area contributed by atoms with Crippen LogP contribution in [0.3, 0.4) is 0 Å². The maximum absolute atomic E-state index is 13.0. The summed E-state index contributed by atoms with van der Waals surface area (Å²) >= 11 is 12.0. The third-order valence-corrected chi connectivity index (χ3v) is 4.71. The summed E-state index contributed by atoms with van der Waals surface area (Å²) in [5.41, 5.74) is 2.88. The van der Waals surface area contributed by atoms with Gasteiger partial charge in [0.15, 0.2) is 0 Å². The van der Waals surface area contributed by atoms with Crippen molar-refractivity contribution in [2.24, 2.45) is 0 Å². The average Bonchev–Trinajstić information content (AvgIpc) is 3.05. The Morgan fingerprint density at radius 1 is 0.885 bits per heavy atom. The summed E-state index contributed by atoms with van der Waals surface area (Å²) in [6, 6.07) is 21.7. The third kappa shape index (κ3) is 3.05. The van der Waals surface area contributed by atoms with Crippen molar-refractivity contribution >= 4 is 46.0 Å². The van der Waals surface area contributed by atoms with E-state index in [1.54, 1.807) is 22.8 Å². The highest BCUT2D eigenvalue weighted by atomic mass is 35.5. The Hall–Kier alpha value is -2.82. The Morgan fingerprint density at radius 3 is 2.38 bits per heavy atom. The van der Waals surface area contributed by atoms with Crippen molar-refractivity contribution in [1.29, 1.82) is 0 Å². The molecule has 26 heavy (non-hydrogen) atoms. The summed E-state index contributed by atoms with van der Waals surface area (Å²) in [6.45, 7) is 0. The number of hydrogen-bond acceptors (Lipinski definition) is 2. The molecule has 4 rings (SSSR count). The van der Waals surface area contributed by atoms with E-state index in [9.17, 15) is 4.79 Å². The lowest BCUT2D eigenvalue weighted by molar-refractivity contribution is 0.254. The van der Waals surface area contributed by atoms with Crippen molar-refractivity contribution in [3.05, 3.63) is 82.8 Å². The van der Waals surface area contributed by atoms with Crippen LogP contribution in [0.1, 0.15) is 0 Å². The van der Waals surface area contributed by atoms with Gasteiger partial charge in [-0.25, -0.2) is 14.3 Å². The van der Waals surface area contributed by atoms with Gasteiger partial charge in [-0.2, -0.15) is 0 Å². The highest BCUT2D eigenvalue weighted by Crippen LogP contribution is 2.27. The Labute approximate surface area is 160 Å². The molecule has 1 heterocycles. The van der Waals surface area contributed by atoms with E-state index >= 15 is 0 Å². The number of rotatable bonds is 2. The molecule has 1 N–H and O–H groups in total. The van der Waals surface area contributed by atoms with Crippen LogP contribution in [0.4, 0.5) is 10.5 Å². The standard InChI is InChI=1S/C20H13Cl2N3O/c21-15-11-10-14(12-16(15)22)23-20(26)25-18-9-5-4-8-17(18)24-19(25)13-6-2-1-3-7-13/h1-12H,(H,23,26). The fraction of sp³-hybridized carbons (Fsp3) is 0. The molecule has 0 radical (unpaired) electrons. The zero-order valence-electron chi connectivity index (χ0n) is 13.5. The summed E-state index contributed by atoms with van der Waals surface area (Å²) in [7, 11) is 0. The minimum Gasteiger partial charge on any atom is -0.307 e. The van der Waals surface area contributed by atoms with E-state index in [4.69, 9.17) is 23.2 Å². The molecular weight excluding hydrogens is 369 g/mol. The van der Waals surface area contributed by atoms with Crippen molar-refractivity contribution in [1.82, 2.24) is 9.55 Å². The molecule has 4 aromatic rings. The first-order valence-corrected chi connectivity index (χ1v) is 8.68. The lowest BCUT2D eigenvalue weighted by Gasteiger charge is -2.10. The molecule has 128 valence electrons. The zero-order valence-corrected chi connectivity index (χ0v) is 15.0. The topological polar surface area (TPSA) is 46.9 Å². The second kappa shape index (κ2) is 6.83. The normalized spacial score (nSPS) is 10.8. The number of carbonyl (C=O) groups excluding carboxylic acids is 1. The minimum atomic E-state index is -0.323. The Kier molecular flexibility index (Phi) is 4.37. The van der Waals surface area contributed by atoms with E-state index in [-0.39, 0.29) is 6.03 Å². The van der Waals surface area contributed by atoms with Crippen molar-refractivity contribution in [2.45, 2.75) is 0 Å². The van der Waals surface area contributed by atoms with Gasteiger partial charge in [-0.15, -0.1) is 0 Å². The van der Waals surface area contributed by atoms with Crippen LogP contribution in [0.2, 0.25) is 10.0 Å². The molecule has 0 atom stereocenters. The summed E-state index contributed by atoms with van der Waals surface area (Å²) in [5, 5.41) is 3.67. The lowest BCUT2D eigenvalue weighted by Crippen LogP contribution is -2.20. The molecule has 0 unspecified atom stereocenters.